The van der Waals surface area contributed by atoms with Crippen molar-refractivity contribution in [1.82, 2.24) is 9.55 Å². The minimum Gasteiger partial charge on any atom is -0.482 e. The molecule has 1 amide bonds. The maximum atomic E-state index is 12.4. The number of carbonyl (C=O) groups is 1. The van der Waals surface area contributed by atoms with E-state index in [1.54, 1.807) is 30.3 Å². The van der Waals surface area contributed by atoms with Gasteiger partial charge in [-0.3, -0.25) is 14.2 Å². The normalized spacial score (nSPS) is 11.4. The molecule has 140 valence electrons. The number of anilines is 1. The Balaban J connectivity index is 1.75. The van der Waals surface area contributed by atoms with Crippen molar-refractivity contribution in [2.75, 3.05) is 11.9 Å². The van der Waals surface area contributed by atoms with Gasteiger partial charge in [-0.25, -0.2) is 4.98 Å². The first-order valence-corrected chi connectivity index (χ1v) is 7.86. The van der Waals surface area contributed by atoms with E-state index in [-0.39, 0.29) is 18.0 Å². The van der Waals surface area contributed by atoms with Crippen LogP contribution in [0.5, 0.6) is 5.75 Å². The highest BCUT2D eigenvalue weighted by atomic mass is 19.4. The molecule has 27 heavy (non-hydrogen) atoms. The Hall–Kier alpha value is -3.36. The zero-order valence-corrected chi connectivity index (χ0v) is 13.9. The number of amides is 1. The molecule has 0 bridgehead atoms. The summed E-state index contributed by atoms with van der Waals surface area (Å²) in [4.78, 5) is 28.7. The molecule has 3 aromatic rings. The summed E-state index contributed by atoms with van der Waals surface area (Å²) in [7, 11) is 0. The third-order valence-electron chi connectivity index (χ3n) is 3.60. The van der Waals surface area contributed by atoms with E-state index in [9.17, 15) is 22.8 Å². The molecule has 1 heterocycles. The minimum absolute atomic E-state index is 0.0774. The van der Waals surface area contributed by atoms with E-state index >= 15 is 0 Å². The van der Waals surface area contributed by atoms with Crippen LogP contribution in [0.4, 0.5) is 18.9 Å². The van der Waals surface area contributed by atoms with Gasteiger partial charge in [0, 0.05) is 0 Å². The number of nitrogens with one attached hydrogen (secondary N) is 1. The van der Waals surface area contributed by atoms with E-state index in [2.05, 4.69) is 10.3 Å². The number of hydrogen-bond donors (Lipinski definition) is 1. The van der Waals surface area contributed by atoms with Gasteiger partial charge in [0.1, 0.15) is 12.3 Å². The van der Waals surface area contributed by atoms with Gasteiger partial charge in [-0.2, -0.15) is 13.2 Å². The van der Waals surface area contributed by atoms with E-state index in [4.69, 9.17) is 4.74 Å². The topological polar surface area (TPSA) is 73.2 Å². The minimum atomic E-state index is -4.50. The summed E-state index contributed by atoms with van der Waals surface area (Å²) < 4.78 is 42.8. The lowest BCUT2D eigenvalue weighted by Gasteiger charge is -2.14. The standard InChI is InChI=1S/C18H14F3N3O3/c19-18(20,21)10-27-15-8-4-3-7-14(15)23-16(25)9-24-11-22-13-6-2-1-5-12(13)17(24)26/h1-8,11H,9-10H2,(H,23,25). The van der Waals surface area contributed by atoms with Crippen molar-refractivity contribution < 1.29 is 22.7 Å². The number of benzene rings is 2. The van der Waals surface area contributed by atoms with Gasteiger partial charge in [-0.15, -0.1) is 0 Å². The average molecular weight is 377 g/mol. The first kappa shape index (κ1) is 18.4. The molecular formula is C18H14F3N3O3. The number of fused-ring (bicyclic) bond motifs is 1. The van der Waals surface area contributed by atoms with Crippen LogP contribution in [0.1, 0.15) is 0 Å². The summed E-state index contributed by atoms with van der Waals surface area (Å²) >= 11 is 0. The molecule has 0 aliphatic rings. The molecule has 1 aromatic heterocycles. The van der Waals surface area contributed by atoms with Crippen molar-refractivity contribution in [3.8, 4) is 5.75 Å². The summed E-state index contributed by atoms with van der Waals surface area (Å²) in [6.07, 6.45) is -3.25. The third-order valence-corrected chi connectivity index (χ3v) is 3.60. The molecular weight excluding hydrogens is 363 g/mol. The van der Waals surface area contributed by atoms with Crippen LogP contribution in [0.2, 0.25) is 0 Å². The Bertz CT molecular complexity index is 1030. The molecule has 0 aliphatic heterocycles. The summed E-state index contributed by atoms with van der Waals surface area (Å²) in [6, 6.07) is 12.4. The molecule has 0 aliphatic carbocycles. The molecule has 0 saturated heterocycles. The largest absolute Gasteiger partial charge is 0.482 e. The van der Waals surface area contributed by atoms with Crippen molar-refractivity contribution in [1.29, 1.82) is 0 Å². The molecule has 0 unspecified atom stereocenters. The van der Waals surface area contributed by atoms with Gasteiger partial charge in [0.05, 0.1) is 22.9 Å². The smallest absolute Gasteiger partial charge is 0.422 e. The molecule has 1 N–H and O–H groups in total. The maximum Gasteiger partial charge on any atom is 0.422 e. The summed E-state index contributed by atoms with van der Waals surface area (Å²) in [5, 5.41) is 2.81. The van der Waals surface area contributed by atoms with Crippen molar-refractivity contribution in [3.05, 3.63) is 65.2 Å². The van der Waals surface area contributed by atoms with Gasteiger partial charge in [-0.1, -0.05) is 24.3 Å². The fourth-order valence-electron chi connectivity index (χ4n) is 2.42. The Morgan fingerprint density at radius 1 is 1.11 bits per heavy atom. The van der Waals surface area contributed by atoms with Gasteiger partial charge in [0.2, 0.25) is 5.91 Å². The second kappa shape index (κ2) is 7.48. The number of nitrogens with zero attached hydrogens (tertiary/aromatic N) is 2. The van der Waals surface area contributed by atoms with E-state index in [1.807, 2.05) is 0 Å². The fourth-order valence-corrected chi connectivity index (χ4v) is 2.42. The Morgan fingerprint density at radius 3 is 2.59 bits per heavy atom. The predicted octanol–water partition coefficient (Wildman–Crippen LogP) is 2.98. The van der Waals surface area contributed by atoms with Crippen LogP contribution in [0.25, 0.3) is 10.9 Å². The van der Waals surface area contributed by atoms with Gasteiger partial charge in [0.15, 0.2) is 6.61 Å². The monoisotopic (exact) mass is 377 g/mol. The first-order chi connectivity index (χ1) is 12.8. The van der Waals surface area contributed by atoms with Crippen LogP contribution in [0.15, 0.2) is 59.7 Å². The lowest BCUT2D eigenvalue weighted by Crippen LogP contribution is -2.28. The number of carbonyl (C=O) groups excluding carboxylic acids is 1. The number of halogens is 3. The molecule has 6 nitrogen and oxygen atoms in total. The van der Waals surface area contributed by atoms with Crippen molar-refractivity contribution >= 4 is 22.5 Å². The highest BCUT2D eigenvalue weighted by Crippen LogP contribution is 2.26. The molecule has 0 radical (unpaired) electrons. The maximum absolute atomic E-state index is 12.4. The van der Waals surface area contributed by atoms with Crippen LogP contribution in [-0.4, -0.2) is 28.2 Å². The van der Waals surface area contributed by atoms with Gasteiger partial charge >= 0.3 is 6.18 Å². The zero-order valence-electron chi connectivity index (χ0n) is 13.9. The number of ether oxygens (including phenoxy) is 1. The molecule has 0 atom stereocenters. The highest BCUT2D eigenvalue weighted by molar-refractivity contribution is 5.92. The van der Waals surface area contributed by atoms with Crippen molar-refractivity contribution in [2.45, 2.75) is 12.7 Å². The number of rotatable bonds is 5. The Kier molecular flexibility index (Phi) is 5.11. The van der Waals surface area contributed by atoms with E-state index in [0.717, 1.165) is 4.57 Å². The van der Waals surface area contributed by atoms with E-state index in [0.29, 0.717) is 10.9 Å². The zero-order chi connectivity index (χ0) is 19.4. The van der Waals surface area contributed by atoms with Crippen LogP contribution >= 0.6 is 0 Å². The molecule has 9 heteroatoms. The van der Waals surface area contributed by atoms with Crippen molar-refractivity contribution in [2.24, 2.45) is 0 Å². The lowest BCUT2D eigenvalue weighted by molar-refractivity contribution is -0.153. The molecule has 0 saturated carbocycles. The summed E-state index contributed by atoms with van der Waals surface area (Å²) in [6.45, 7) is -1.82. The van der Waals surface area contributed by atoms with Crippen LogP contribution in [0.3, 0.4) is 0 Å². The lowest BCUT2D eigenvalue weighted by atomic mass is 10.2. The molecule has 0 spiro atoms. The SMILES string of the molecule is O=C(Cn1cnc2ccccc2c1=O)Nc1ccccc1OCC(F)(F)F. The fraction of sp³-hybridized carbons (Fsp3) is 0.167. The van der Waals surface area contributed by atoms with Crippen molar-refractivity contribution in [3.63, 3.8) is 0 Å². The second-order valence-electron chi connectivity index (χ2n) is 5.64. The van der Waals surface area contributed by atoms with Crippen LogP contribution in [-0.2, 0) is 11.3 Å². The van der Waals surface area contributed by atoms with Gasteiger partial charge in [-0.05, 0) is 24.3 Å². The number of para-hydroxylation sites is 3. The van der Waals surface area contributed by atoms with Gasteiger partial charge in [0.25, 0.3) is 5.56 Å². The summed E-state index contributed by atoms with van der Waals surface area (Å²) in [5.74, 6) is -0.718. The Labute approximate surface area is 151 Å². The second-order valence-corrected chi connectivity index (χ2v) is 5.64. The average Bonchev–Trinajstić information content (AvgIpc) is 2.63. The van der Waals surface area contributed by atoms with E-state index in [1.165, 1.54) is 24.5 Å². The number of aromatic nitrogens is 2. The molecule has 3 rings (SSSR count). The molecule has 0 fully saturated rings. The first-order valence-electron chi connectivity index (χ1n) is 7.86. The van der Waals surface area contributed by atoms with Gasteiger partial charge < -0.3 is 10.1 Å². The summed E-state index contributed by atoms with van der Waals surface area (Å²) in [5.41, 5.74) is 0.191. The van der Waals surface area contributed by atoms with Crippen LogP contribution in [0, 0.1) is 0 Å². The van der Waals surface area contributed by atoms with Crippen LogP contribution < -0.4 is 15.6 Å². The quantitative estimate of drug-likeness (QED) is 0.742. The Morgan fingerprint density at radius 2 is 1.81 bits per heavy atom. The predicted molar refractivity (Wildman–Crippen MR) is 92.6 cm³/mol. The number of alkyl halides is 3. The molecule has 2 aromatic carbocycles. The highest BCUT2D eigenvalue weighted by Gasteiger charge is 2.28. The number of hydrogen-bond acceptors (Lipinski definition) is 4. The van der Waals surface area contributed by atoms with E-state index < -0.39 is 24.2 Å². The third kappa shape index (κ3) is 4.63.